The fraction of sp³-hybridized carbons (Fsp3) is 0.579. The van der Waals surface area contributed by atoms with Crippen LogP contribution in [0.2, 0.25) is 0 Å². The Morgan fingerprint density at radius 3 is 2.37 bits per heavy atom. The van der Waals surface area contributed by atoms with Gasteiger partial charge in [0, 0.05) is 25.6 Å². The van der Waals surface area contributed by atoms with Gasteiger partial charge < -0.3 is 14.5 Å². The van der Waals surface area contributed by atoms with Crippen LogP contribution in [-0.4, -0.2) is 60.6 Å². The zero-order chi connectivity index (χ0) is 19.9. The number of hydrogen-bond donors (Lipinski definition) is 0. The first-order valence-corrected chi connectivity index (χ1v) is 9.11. The molecule has 0 N–H and O–H groups in total. The van der Waals surface area contributed by atoms with E-state index in [-0.39, 0.29) is 19.1 Å². The Morgan fingerprint density at radius 1 is 1.19 bits per heavy atom. The molecule has 1 aliphatic rings. The Kier molecular flexibility index (Phi) is 7.50. The second kappa shape index (κ2) is 9.62. The molecule has 0 radical (unpaired) electrons. The SMILES string of the molecule is CCCN(CC(F)(F)F)C(=O)C1CCN(C(=O)COc2ccccc2)CC1. The van der Waals surface area contributed by atoms with Crippen LogP contribution in [0.25, 0.3) is 0 Å². The van der Waals surface area contributed by atoms with E-state index in [0.717, 1.165) is 4.90 Å². The van der Waals surface area contributed by atoms with Crippen molar-refractivity contribution in [1.82, 2.24) is 9.80 Å². The molecule has 1 saturated heterocycles. The molecule has 150 valence electrons. The highest BCUT2D eigenvalue weighted by Crippen LogP contribution is 2.23. The van der Waals surface area contributed by atoms with E-state index in [9.17, 15) is 22.8 Å². The highest BCUT2D eigenvalue weighted by Gasteiger charge is 2.36. The van der Waals surface area contributed by atoms with Gasteiger partial charge >= 0.3 is 6.18 Å². The highest BCUT2D eigenvalue weighted by atomic mass is 19.4. The minimum atomic E-state index is -4.41. The molecule has 0 atom stereocenters. The quantitative estimate of drug-likeness (QED) is 0.724. The van der Waals surface area contributed by atoms with Gasteiger partial charge in [-0.25, -0.2) is 0 Å². The Morgan fingerprint density at radius 2 is 1.81 bits per heavy atom. The Labute approximate surface area is 157 Å². The van der Waals surface area contributed by atoms with Gasteiger partial charge in [0.1, 0.15) is 12.3 Å². The predicted octanol–water partition coefficient (Wildman–Crippen LogP) is 3.10. The molecule has 0 aliphatic carbocycles. The molecule has 0 unspecified atom stereocenters. The van der Waals surface area contributed by atoms with Crippen LogP contribution in [0.1, 0.15) is 26.2 Å². The fourth-order valence-corrected chi connectivity index (χ4v) is 3.14. The summed E-state index contributed by atoms with van der Waals surface area (Å²) in [6.45, 7) is 1.20. The molecule has 2 amide bonds. The number of para-hydroxylation sites is 1. The summed E-state index contributed by atoms with van der Waals surface area (Å²) < 4.78 is 43.5. The first-order valence-electron chi connectivity index (χ1n) is 9.11. The third kappa shape index (κ3) is 6.77. The smallest absolute Gasteiger partial charge is 0.406 e. The Hall–Kier alpha value is -2.25. The number of alkyl halides is 3. The summed E-state index contributed by atoms with van der Waals surface area (Å²) in [4.78, 5) is 27.2. The maximum atomic E-state index is 12.7. The Balaban J connectivity index is 1.82. The van der Waals surface area contributed by atoms with Gasteiger partial charge in [-0.05, 0) is 31.4 Å². The molecule has 27 heavy (non-hydrogen) atoms. The molecule has 1 aromatic carbocycles. The molecule has 1 heterocycles. The van der Waals surface area contributed by atoms with Gasteiger partial charge in [0.15, 0.2) is 6.61 Å². The number of carbonyl (C=O) groups is 2. The molecule has 2 rings (SSSR count). The molecule has 0 saturated carbocycles. The number of rotatable bonds is 7. The van der Waals surface area contributed by atoms with Crippen molar-refractivity contribution in [2.75, 3.05) is 32.8 Å². The van der Waals surface area contributed by atoms with Crippen LogP contribution in [0.3, 0.4) is 0 Å². The fourth-order valence-electron chi connectivity index (χ4n) is 3.14. The third-order valence-electron chi connectivity index (χ3n) is 4.48. The standard InChI is InChI=1S/C19H25F3N2O3/c1-2-10-24(14-19(20,21)22)18(26)15-8-11-23(12-9-15)17(25)13-27-16-6-4-3-5-7-16/h3-7,15H,2,8-14H2,1H3. The lowest BCUT2D eigenvalue weighted by Crippen LogP contribution is -2.47. The number of amides is 2. The maximum Gasteiger partial charge on any atom is 0.406 e. The lowest BCUT2D eigenvalue weighted by atomic mass is 9.95. The van der Waals surface area contributed by atoms with Crippen molar-refractivity contribution in [3.8, 4) is 5.75 Å². The lowest BCUT2D eigenvalue weighted by Gasteiger charge is -2.34. The van der Waals surface area contributed by atoms with Crippen LogP contribution in [0.15, 0.2) is 30.3 Å². The van der Waals surface area contributed by atoms with Gasteiger partial charge in [-0.3, -0.25) is 9.59 Å². The van der Waals surface area contributed by atoms with E-state index in [2.05, 4.69) is 0 Å². The van der Waals surface area contributed by atoms with Crippen molar-refractivity contribution in [3.05, 3.63) is 30.3 Å². The highest BCUT2D eigenvalue weighted by molar-refractivity contribution is 5.80. The van der Waals surface area contributed by atoms with E-state index in [0.29, 0.717) is 38.1 Å². The normalized spacial score (nSPS) is 15.5. The molecule has 1 fully saturated rings. The van der Waals surface area contributed by atoms with Crippen LogP contribution >= 0.6 is 0 Å². The second-order valence-corrected chi connectivity index (χ2v) is 6.63. The minimum Gasteiger partial charge on any atom is -0.484 e. The summed E-state index contributed by atoms with van der Waals surface area (Å²) in [6.07, 6.45) is -3.20. The summed E-state index contributed by atoms with van der Waals surface area (Å²) >= 11 is 0. The zero-order valence-corrected chi connectivity index (χ0v) is 15.4. The second-order valence-electron chi connectivity index (χ2n) is 6.63. The molecular formula is C19H25F3N2O3. The predicted molar refractivity (Wildman–Crippen MR) is 94.2 cm³/mol. The van der Waals surface area contributed by atoms with Crippen LogP contribution in [0.5, 0.6) is 5.75 Å². The number of hydrogen-bond acceptors (Lipinski definition) is 3. The van der Waals surface area contributed by atoms with Gasteiger partial charge in [-0.15, -0.1) is 0 Å². The van der Waals surface area contributed by atoms with Crippen LogP contribution < -0.4 is 4.74 Å². The monoisotopic (exact) mass is 386 g/mol. The Bertz CT molecular complexity index is 614. The number of nitrogens with zero attached hydrogens (tertiary/aromatic N) is 2. The van der Waals surface area contributed by atoms with Gasteiger partial charge in [0.25, 0.3) is 5.91 Å². The number of ether oxygens (including phenoxy) is 1. The van der Waals surface area contributed by atoms with Crippen molar-refractivity contribution in [2.45, 2.75) is 32.4 Å². The van der Waals surface area contributed by atoms with E-state index in [1.807, 2.05) is 6.07 Å². The van der Waals surface area contributed by atoms with Crippen molar-refractivity contribution in [1.29, 1.82) is 0 Å². The summed E-state index contributed by atoms with van der Waals surface area (Å²) in [6, 6.07) is 8.96. The molecule has 0 spiro atoms. The summed E-state index contributed by atoms with van der Waals surface area (Å²) in [5.41, 5.74) is 0. The van der Waals surface area contributed by atoms with Gasteiger partial charge in [-0.2, -0.15) is 13.2 Å². The van der Waals surface area contributed by atoms with Gasteiger partial charge in [0.2, 0.25) is 5.91 Å². The lowest BCUT2D eigenvalue weighted by molar-refractivity contribution is -0.165. The van der Waals surface area contributed by atoms with Gasteiger partial charge in [-0.1, -0.05) is 25.1 Å². The van der Waals surface area contributed by atoms with Crippen LogP contribution in [0, 0.1) is 5.92 Å². The van der Waals surface area contributed by atoms with E-state index in [4.69, 9.17) is 4.74 Å². The average molecular weight is 386 g/mol. The van der Waals surface area contributed by atoms with Crippen molar-refractivity contribution < 1.29 is 27.5 Å². The molecule has 1 aliphatic heterocycles. The number of halogens is 3. The first kappa shape index (κ1) is 21.1. The third-order valence-corrected chi connectivity index (χ3v) is 4.48. The number of benzene rings is 1. The van der Waals surface area contributed by atoms with Crippen LogP contribution in [0.4, 0.5) is 13.2 Å². The molecule has 1 aromatic rings. The van der Waals surface area contributed by atoms with E-state index in [1.165, 1.54) is 0 Å². The van der Waals surface area contributed by atoms with Gasteiger partial charge in [0.05, 0.1) is 0 Å². The molecular weight excluding hydrogens is 361 g/mol. The van der Waals surface area contributed by atoms with E-state index >= 15 is 0 Å². The summed E-state index contributed by atoms with van der Waals surface area (Å²) in [5, 5.41) is 0. The number of likely N-dealkylation sites (tertiary alicyclic amines) is 1. The number of piperidine rings is 1. The van der Waals surface area contributed by atoms with E-state index < -0.39 is 24.5 Å². The van der Waals surface area contributed by atoms with Crippen molar-refractivity contribution in [3.63, 3.8) is 0 Å². The maximum absolute atomic E-state index is 12.7. The average Bonchev–Trinajstić information content (AvgIpc) is 2.65. The molecule has 0 aromatic heterocycles. The molecule has 0 bridgehead atoms. The zero-order valence-electron chi connectivity index (χ0n) is 15.4. The summed E-state index contributed by atoms with van der Waals surface area (Å²) in [7, 11) is 0. The van der Waals surface area contributed by atoms with E-state index in [1.54, 1.807) is 36.1 Å². The van der Waals surface area contributed by atoms with Crippen LogP contribution in [-0.2, 0) is 9.59 Å². The first-order chi connectivity index (χ1) is 12.8. The minimum absolute atomic E-state index is 0.0857. The topological polar surface area (TPSA) is 49.9 Å². The molecule has 8 heteroatoms. The van der Waals surface area contributed by atoms with Crippen molar-refractivity contribution >= 4 is 11.8 Å². The van der Waals surface area contributed by atoms with Crippen molar-refractivity contribution in [2.24, 2.45) is 5.92 Å². The largest absolute Gasteiger partial charge is 0.484 e. The summed E-state index contributed by atoms with van der Waals surface area (Å²) in [5.74, 6) is -0.538. The number of carbonyl (C=O) groups excluding carboxylic acids is 2. The molecule has 5 nitrogen and oxygen atoms in total.